The van der Waals surface area contributed by atoms with Crippen molar-refractivity contribution in [3.63, 3.8) is 0 Å². The molecular weight excluding hydrogens is 364 g/mol. The van der Waals surface area contributed by atoms with E-state index in [0.29, 0.717) is 18.1 Å². The zero-order chi connectivity index (χ0) is 19.4. The fraction of sp³-hybridized carbons (Fsp3) is 0.333. The molecule has 1 N–H and O–H groups in total. The minimum absolute atomic E-state index is 0.123. The van der Waals surface area contributed by atoms with Crippen LogP contribution in [0.4, 0.5) is 5.69 Å². The molecule has 0 aromatic heterocycles. The molecule has 1 aliphatic heterocycles. The lowest BCUT2D eigenvalue weighted by molar-refractivity contribution is -0.136. The van der Waals surface area contributed by atoms with Crippen LogP contribution in [-0.4, -0.2) is 29.9 Å². The second-order valence-corrected chi connectivity index (χ2v) is 7.12. The van der Waals surface area contributed by atoms with E-state index in [0.717, 1.165) is 34.5 Å². The SMILES string of the molecule is Cc1c(CCC(=O)O)ccc(OCC2CC=NN2c2ccc(Cl)cc2)c1C. The normalized spacial score (nSPS) is 16.0. The Hall–Kier alpha value is -2.53. The van der Waals surface area contributed by atoms with Gasteiger partial charge >= 0.3 is 5.97 Å². The van der Waals surface area contributed by atoms with E-state index in [1.165, 1.54) is 0 Å². The van der Waals surface area contributed by atoms with Gasteiger partial charge in [-0.1, -0.05) is 17.7 Å². The fourth-order valence-electron chi connectivity index (χ4n) is 3.17. The first kappa shape index (κ1) is 19.2. The lowest BCUT2D eigenvalue weighted by Crippen LogP contribution is -2.32. The number of anilines is 1. The average Bonchev–Trinajstić information content (AvgIpc) is 3.11. The van der Waals surface area contributed by atoms with Crippen LogP contribution in [0.25, 0.3) is 0 Å². The average molecular weight is 387 g/mol. The number of hydrogen-bond acceptors (Lipinski definition) is 4. The van der Waals surface area contributed by atoms with Gasteiger partial charge in [0.05, 0.1) is 11.7 Å². The summed E-state index contributed by atoms with van der Waals surface area (Å²) in [6.45, 7) is 4.53. The number of hydrogen-bond donors (Lipinski definition) is 1. The fourth-order valence-corrected chi connectivity index (χ4v) is 3.29. The van der Waals surface area contributed by atoms with Crippen molar-refractivity contribution in [2.75, 3.05) is 11.6 Å². The van der Waals surface area contributed by atoms with Gasteiger partial charge in [-0.2, -0.15) is 5.10 Å². The predicted molar refractivity (Wildman–Crippen MR) is 108 cm³/mol. The van der Waals surface area contributed by atoms with Gasteiger partial charge in [-0.3, -0.25) is 9.80 Å². The molecular formula is C21H23ClN2O3. The zero-order valence-electron chi connectivity index (χ0n) is 15.5. The minimum Gasteiger partial charge on any atom is -0.491 e. The van der Waals surface area contributed by atoms with E-state index in [1.807, 2.05) is 61.5 Å². The summed E-state index contributed by atoms with van der Waals surface area (Å²) in [4.78, 5) is 10.8. The number of ether oxygens (including phenoxy) is 1. The van der Waals surface area contributed by atoms with Crippen LogP contribution in [-0.2, 0) is 11.2 Å². The summed E-state index contributed by atoms with van der Waals surface area (Å²) < 4.78 is 6.09. The van der Waals surface area contributed by atoms with Gasteiger partial charge in [0, 0.05) is 24.1 Å². The van der Waals surface area contributed by atoms with Crippen molar-refractivity contribution in [2.24, 2.45) is 5.10 Å². The maximum Gasteiger partial charge on any atom is 0.303 e. The summed E-state index contributed by atoms with van der Waals surface area (Å²) in [6.07, 6.45) is 3.38. The highest BCUT2D eigenvalue weighted by Gasteiger charge is 2.23. The molecule has 6 heteroatoms. The van der Waals surface area contributed by atoms with E-state index in [1.54, 1.807) is 0 Å². The molecule has 27 heavy (non-hydrogen) atoms. The van der Waals surface area contributed by atoms with Crippen molar-refractivity contribution in [1.29, 1.82) is 0 Å². The maximum atomic E-state index is 10.8. The van der Waals surface area contributed by atoms with E-state index < -0.39 is 5.97 Å². The molecule has 142 valence electrons. The van der Waals surface area contributed by atoms with Crippen molar-refractivity contribution in [3.05, 3.63) is 58.1 Å². The number of halogens is 1. The van der Waals surface area contributed by atoms with Crippen molar-refractivity contribution in [2.45, 2.75) is 39.2 Å². The molecule has 5 nitrogen and oxygen atoms in total. The quantitative estimate of drug-likeness (QED) is 0.754. The number of benzene rings is 2. The van der Waals surface area contributed by atoms with Gasteiger partial charge in [-0.15, -0.1) is 0 Å². The Morgan fingerprint density at radius 1 is 1.22 bits per heavy atom. The standard InChI is InChI=1S/C21H23ClN2O3/c1-14-15(2)20(9-3-16(14)4-10-21(25)26)27-13-19-11-12-23-24(19)18-7-5-17(22)6-8-18/h3,5-9,12,19H,4,10-11,13H2,1-2H3,(H,25,26). The van der Waals surface area contributed by atoms with Crippen molar-refractivity contribution < 1.29 is 14.6 Å². The lowest BCUT2D eigenvalue weighted by atomic mass is 9.99. The van der Waals surface area contributed by atoms with E-state index in [2.05, 4.69) is 5.10 Å². The molecule has 0 spiro atoms. The van der Waals surface area contributed by atoms with Crippen LogP contribution in [0.2, 0.25) is 5.02 Å². The summed E-state index contributed by atoms with van der Waals surface area (Å²) in [6, 6.07) is 11.6. The zero-order valence-corrected chi connectivity index (χ0v) is 16.2. The lowest BCUT2D eigenvalue weighted by Gasteiger charge is -2.24. The van der Waals surface area contributed by atoms with Gasteiger partial charge in [0.2, 0.25) is 0 Å². The van der Waals surface area contributed by atoms with Crippen molar-refractivity contribution >= 4 is 29.5 Å². The first-order valence-electron chi connectivity index (χ1n) is 8.96. The topological polar surface area (TPSA) is 62.1 Å². The van der Waals surface area contributed by atoms with Crippen LogP contribution >= 0.6 is 11.6 Å². The van der Waals surface area contributed by atoms with Crippen molar-refractivity contribution in [3.8, 4) is 5.75 Å². The van der Waals surface area contributed by atoms with Gasteiger partial charge in [0.1, 0.15) is 12.4 Å². The highest BCUT2D eigenvalue weighted by atomic mass is 35.5. The Bertz CT molecular complexity index is 849. The molecule has 3 rings (SSSR count). The molecule has 0 fully saturated rings. The maximum absolute atomic E-state index is 10.8. The Morgan fingerprint density at radius 2 is 1.96 bits per heavy atom. The third-order valence-electron chi connectivity index (χ3n) is 4.91. The first-order chi connectivity index (χ1) is 13.0. The molecule has 0 saturated carbocycles. The highest BCUT2D eigenvalue weighted by Crippen LogP contribution is 2.28. The number of aryl methyl sites for hydroxylation is 1. The minimum atomic E-state index is -0.782. The molecule has 0 saturated heterocycles. The largest absolute Gasteiger partial charge is 0.491 e. The Balaban J connectivity index is 1.66. The Labute approximate surface area is 164 Å². The molecule has 0 bridgehead atoms. The second kappa shape index (κ2) is 8.44. The van der Waals surface area contributed by atoms with Crippen LogP contribution < -0.4 is 9.75 Å². The molecule has 1 unspecified atom stereocenters. The van der Waals surface area contributed by atoms with E-state index >= 15 is 0 Å². The third kappa shape index (κ3) is 4.61. The van der Waals surface area contributed by atoms with E-state index in [-0.39, 0.29) is 12.5 Å². The van der Waals surface area contributed by atoms with Gasteiger partial charge in [0.15, 0.2) is 0 Å². The number of nitrogens with zero attached hydrogens (tertiary/aromatic N) is 2. The molecule has 2 aromatic rings. The predicted octanol–water partition coefficient (Wildman–Crippen LogP) is 4.62. The molecule has 1 heterocycles. The Kier molecular flexibility index (Phi) is 6.01. The van der Waals surface area contributed by atoms with E-state index in [4.69, 9.17) is 21.4 Å². The van der Waals surface area contributed by atoms with Crippen LogP contribution in [0.15, 0.2) is 41.5 Å². The summed E-state index contributed by atoms with van der Waals surface area (Å²) in [5.74, 6) is 0.0467. The number of rotatable bonds is 7. The van der Waals surface area contributed by atoms with Gasteiger partial charge in [-0.05, 0) is 67.3 Å². The first-order valence-corrected chi connectivity index (χ1v) is 9.34. The summed E-state index contributed by atoms with van der Waals surface area (Å²) in [5, 5.41) is 16.0. The van der Waals surface area contributed by atoms with Crippen LogP contribution in [0.3, 0.4) is 0 Å². The highest BCUT2D eigenvalue weighted by molar-refractivity contribution is 6.30. The smallest absolute Gasteiger partial charge is 0.303 e. The van der Waals surface area contributed by atoms with Crippen LogP contribution in [0, 0.1) is 13.8 Å². The number of carboxylic acids is 1. The second-order valence-electron chi connectivity index (χ2n) is 6.69. The van der Waals surface area contributed by atoms with Crippen molar-refractivity contribution in [1.82, 2.24) is 0 Å². The number of aliphatic carboxylic acids is 1. The van der Waals surface area contributed by atoms with Gasteiger partial charge < -0.3 is 9.84 Å². The summed E-state index contributed by atoms with van der Waals surface area (Å²) in [7, 11) is 0. The van der Waals surface area contributed by atoms with E-state index in [9.17, 15) is 4.79 Å². The molecule has 0 radical (unpaired) electrons. The van der Waals surface area contributed by atoms with Gasteiger partial charge in [0.25, 0.3) is 0 Å². The Morgan fingerprint density at radius 3 is 2.67 bits per heavy atom. The molecule has 1 atom stereocenters. The van der Waals surface area contributed by atoms with Gasteiger partial charge in [-0.25, -0.2) is 0 Å². The number of hydrazone groups is 1. The third-order valence-corrected chi connectivity index (χ3v) is 5.16. The van der Waals surface area contributed by atoms with Crippen LogP contribution in [0.1, 0.15) is 29.5 Å². The molecule has 1 aliphatic rings. The molecule has 2 aromatic carbocycles. The van der Waals surface area contributed by atoms with Crippen LogP contribution in [0.5, 0.6) is 5.75 Å². The molecule has 0 aliphatic carbocycles. The number of carboxylic acid groups (broad SMARTS) is 1. The summed E-state index contributed by atoms with van der Waals surface area (Å²) >= 11 is 5.97. The number of carbonyl (C=O) groups is 1. The monoisotopic (exact) mass is 386 g/mol. The molecule has 0 amide bonds. The summed E-state index contributed by atoms with van der Waals surface area (Å²) in [5.41, 5.74) is 4.17.